The van der Waals surface area contributed by atoms with Crippen LogP contribution in [0, 0.1) is 6.92 Å². The zero-order valence-corrected chi connectivity index (χ0v) is 25.1. The Labute approximate surface area is 238 Å². The highest BCUT2D eigenvalue weighted by atomic mass is 32.2. The van der Waals surface area contributed by atoms with Gasteiger partial charge >= 0.3 is 6.09 Å². The number of nitrogens with one attached hydrogen (secondary N) is 2. The summed E-state index contributed by atoms with van der Waals surface area (Å²) in [6, 6.07) is 15.8. The topological polar surface area (TPSA) is 87.7 Å². The average molecular weight is 556 g/mol. The Morgan fingerprint density at radius 1 is 1.03 bits per heavy atom. The van der Waals surface area contributed by atoms with Crippen LogP contribution in [0.4, 0.5) is 4.79 Å². The number of nitrogens with zero attached hydrogens (tertiary/aromatic N) is 1. The molecular weight excluding hydrogens is 510 g/mol. The zero-order valence-electron chi connectivity index (χ0n) is 24.3. The molecule has 0 saturated heterocycles. The molecule has 2 unspecified atom stereocenters. The fourth-order valence-electron chi connectivity index (χ4n) is 4.24. The first-order chi connectivity index (χ1) is 18.6. The maximum atomic E-state index is 14.2. The van der Waals surface area contributed by atoms with Crippen LogP contribution >= 0.6 is 11.8 Å². The number of carbonyl (C=O) groups is 3. The first-order valence-corrected chi connectivity index (χ1v) is 15.1. The quantitative estimate of drug-likeness (QED) is 0.279. The molecule has 3 amide bonds. The van der Waals surface area contributed by atoms with E-state index < -0.39 is 23.8 Å². The molecule has 0 radical (unpaired) electrons. The van der Waals surface area contributed by atoms with Crippen LogP contribution in [0.5, 0.6) is 0 Å². The van der Waals surface area contributed by atoms with Crippen molar-refractivity contribution in [2.24, 2.45) is 0 Å². The van der Waals surface area contributed by atoms with Crippen molar-refractivity contribution >= 4 is 29.7 Å². The summed E-state index contributed by atoms with van der Waals surface area (Å²) in [4.78, 5) is 42.4. The Hall–Kier alpha value is -3.00. The van der Waals surface area contributed by atoms with Gasteiger partial charge < -0.3 is 20.3 Å². The molecule has 0 heterocycles. The lowest BCUT2D eigenvalue weighted by Gasteiger charge is -2.34. The minimum absolute atomic E-state index is 0.254. The number of amides is 3. The van der Waals surface area contributed by atoms with Gasteiger partial charge in [0.15, 0.2) is 0 Å². The highest BCUT2D eigenvalue weighted by molar-refractivity contribution is 7.98. The van der Waals surface area contributed by atoms with Crippen LogP contribution in [0.1, 0.15) is 76.1 Å². The van der Waals surface area contributed by atoms with E-state index in [4.69, 9.17) is 4.74 Å². The lowest BCUT2D eigenvalue weighted by Crippen LogP contribution is -2.53. The smallest absolute Gasteiger partial charge is 0.408 e. The minimum atomic E-state index is -0.838. The molecule has 0 bridgehead atoms. The summed E-state index contributed by atoms with van der Waals surface area (Å²) in [5.74, 6) is 0.132. The zero-order chi connectivity index (χ0) is 28.8. The normalized spacial score (nSPS) is 12.8. The van der Waals surface area contributed by atoms with Gasteiger partial charge in [-0.15, -0.1) is 0 Å². The fourth-order valence-corrected chi connectivity index (χ4v) is 4.71. The first kappa shape index (κ1) is 32.2. The van der Waals surface area contributed by atoms with E-state index in [9.17, 15) is 14.4 Å². The molecule has 7 nitrogen and oxygen atoms in total. The largest absolute Gasteiger partial charge is 0.444 e. The number of unbranched alkanes of at least 4 members (excludes halogenated alkanes) is 2. The summed E-state index contributed by atoms with van der Waals surface area (Å²) in [5.41, 5.74) is 2.02. The second-order valence-corrected chi connectivity index (χ2v) is 11.7. The first-order valence-electron chi connectivity index (χ1n) is 13.7. The van der Waals surface area contributed by atoms with Gasteiger partial charge in [-0.1, -0.05) is 79.9 Å². The van der Waals surface area contributed by atoms with Crippen LogP contribution in [0.15, 0.2) is 54.6 Å². The summed E-state index contributed by atoms with van der Waals surface area (Å²) in [6.07, 6.45) is 4.39. The summed E-state index contributed by atoms with van der Waals surface area (Å²) < 4.78 is 5.47. The van der Waals surface area contributed by atoms with Crippen LogP contribution in [-0.4, -0.2) is 53.0 Å². The second-order valence-electron chi connectivity index (χ2n) is 10.7. The minimum Gasteiger partial charge on any atom is -0.444 e. The van der Waals surface area contributed by atoms with E-state index in [1.807, 2.05) is 67.8 Å². The molecule has 2 atom stereocenters. The third-order valence-corrected chi connectivity index (χ3v) is 6.76. The van der Waals surface area contributed by atoms with Crippen molar-refractivity contribution in [1.82, 2.24) is 15.5 Å². The Balaban J connectivity index is 2.45. The lowest BCUT2D eigenvalue weighted by molar-refractivity contribution is -0.142. The van der Waals surface area contributed by atoms with Crippen LogP contribution in [-0.2, 0) is 20.9 Å². The monoisotopic (exact) mass is 555 g/mol. The molecular formula is C31H45N3O4S. The van der Waals surface area contributed by atoms with Gasteiger partial charge in [0.2, 0.25) is 11.8 Å². The number of aryl methyl sites for hydroxylation is 1. The average Bonchev–Trinajstić information content (AvgIpc) is 2.88. The van der Waals surface area contributed by atoms with Gasteiger partial charge in [0.25, 0.3) is 0 Å². The predicted molar refractivity (Wildman–Crippen MR) is 160 cm³/mol. The molecule has 0 fully saturated rings. The SMILES string of the molecule is CCCCCN(C(=O)C(CCSC)NC(=O)OC(C)(C)C)C(C(=O)NCc1ccccc1)c1cccc(C)c1. The Morgan fingerprint density at radius 2 is 1.74 bits per heavy atom. The Morgan fingerprint density at radius 3 is 2.36 bits per heavy atom. The molecule has 214 valence electrons. The van der Waals surface area contributed by atoms with Gasteiger partial charge in [-0.25, -0.2) is 4.79 Å². The summed E-state index contributed by atoms with van der Waals surface area (Å²) in [7, 11) is 0. The highest BCUT2D eigenvalue weighted by Gasteiger charge is 2.36. The van der Waals surface area contributed by atoms with E-state index in [-0.39, 0.29) is 11.8 Å². The number of rotatable bonds is 14. The molecule has 0 aliphatic heterocycles. The van der Waals surface area contributed by atoms with Crippen molar-refractivity contribution < 1.29 is 19.1 Å². The van der Waals surface area contributed by atoms with Gasteiger partial charge in [-0.3, -0.25) is 9.59 Å². The van der Waals surface area contributed by atoms with Crippen LogP contribution in [0.2, 0.25) is 0 Å². The van der Waals surface area contributed by atoms with Gasteiger partial charge in [0, 0.05) is 13.1 Å². The Bertz CT molecular complexity index is 1060. The molecule has 0 spiro atoms. The van der Waals surface area contributed by atoms with E-state index in [0.717, 1.165) is 36.0 Å². The molecule has 0 aliphatic carbocycles. The van der Waals surface area contributed by atoms with Crippen molar-refractivity contribution in [2.45, 2.75) is 84.5 Å². The molecule has 2 aromatic carbocycles. The molecule has 0 saturated carbocycles. The van der Waals surface area contributed by atoms with E-state index in [1.54, 1.807) is 37.4 Å². The number of thioether (sulfide) groups is 1. The maximum Gasteiger partial charge on any atom is 0.408 e. The summed E-state index contributed by atoms with van der Waals surface area (Å²) in [6.45, 7) is 10.2. The number of benzene rings is 2. The summed E-state index contributed by atoms with van der Waals surface area (Å²) in [5, 5.41) is 5.84. The number of ether oxygens (including phenoxy) is 1. The fraction of sp³-hybridized carbons (Fsp3) is 0.516. The predicted octanol–water partition coefficient (Wildman–Crippen LogP) is 6.02. The highest BCUT2D eigenvalue weighted by Crippen LogP contribution is 2.25. The van der Waals surface area contributed by atoms with Crippen LogP contribution in [0.3, 0.4) is 0 Å². The van der Waals surface area contributed by atoms with Gasteiger partial charge in [-0.05, 0) is 63.7 Å². The van der Waals surface area contributed by atoms with Gasteiger partial charge in [-0.2, -0.15) is 11.8 Å². The molecule has 0 aliphatic rings. The van der Waals surface area contributed by atoms with Gasteiger partial charge in [0.1, 0.15) is 17.7 Å². The van der Waals surface area contributed by atoms with Gasteiger partial charge in [0.05, 0.1) is 0 Å². The van der Waals surface area contributed by atoms with E-state index in [0.29, 0.717) is 25.3 Å². The molecule has 2 N–H and O–H groups in total. The van der Waals surface area contributed by atoms with Crippen LogP contribution < -0.4 is 10.6 Å². The van der Waals surface area contributed by atoms with Crippen molar-refractivity contribution in [3.63, 3.8) is 0 Å². The van der Waals surface area contributed by atoms with E-state index >= 15 is 0 Å². The molecule has 2 rings (SSSR count). The van der Waals surface area contributed by atoms with E-state index in [1.165, 1.54) is 0 Å². The number of carbonyl (C=O) groups excluding carboxylic acids is 3. The molecule has 0 aromatic heterocycles. The molecule has 39 heavy (non-hydrogen) atoms. The Kier molecular flexibility index (Phi) is 13.4. The van der Waals surface area contributed by atoms with Crippen LogP contribution in [0.25, 0.3) is 0 Å². The standard InChI is InChI=1S/C31H45N3O4S/c1-7-8-12-19-34(29(36)26(18-20-39-6)33-30(37)38-31(3,4)5)27(25-17-13-14-23(2)21-25)28(35)32-22-24-15-10-9-11-16-24/h9-11,13-17,21,26-27H,7-8,12,18-20,22H2,1-6H3,(H,32,35)(H,33,37). The van der Waals surface area contributed by atoms with Crippen molar-refractivity contribution in [1.29, 1.82) is 0 Å². The number of alkyl carbamates (subject to hydrolysis) is 1. The van der Waals surface area contributed by atoms with Crippen molar-refractivity contribution in [3.8, 4) is 0 Å². The summed E-state index contributed by atoms with van der Waals surface area (Å²) >= 11 is 1.60. The molecule has 8 heteroatoms. The third-order valence-electron chi connectivity index (χ3n) is 6.11. The lowest BCUT2D eigenvalue weighted by atomic mass is 9.99. The number of hydrogen-bond acceptors (Lipinski definition) is 5. The molecule has 2 aromatic rings. The number of hydrogen-bond donors (Lipinski definition) is 2. The van der Waals surface area contributed by atoms with Crippen molar-refractivity contribution in [2.75, 3.05) is 18.6 Å². The maximum absolute atomic E-state index is 14.2. The third kappa shape index (κ3) is 11.3. The van der Waals surface area contributed by atoms with E-state index in [2.05, 4.69) is 17.6 Å². The second kappa shape index (κ2) is 16.2. The van der Waals surface area contributed by atoms with Crippen molar-refractivity contribution in [3.05, 3.63) is 71.3 Å².